The maximum atomic E-state index is 12.9. The Labute approximate surface area is 112 Å². The van der Waals surface area contributed by atoms with Gasteiger partial charge in [0.05, 0.1) is 5.56 Å². The van der Waals surface area contributed by atoms with Crippen molar-refractivity contribution in [3.05, 3.63) is 42.1 Å². The first-order valence-electron chi connectivity index (χ1n) is 5.76. The molecule has 1 N–H and O–H groups in total. The van der Waals surface area contributed by atoms with E-state index in [-0.39, 0.29) is 23.0 Å². The molecule has 1 aromatic carbocycles. The van der Waals surface area contributed by atoms with E-state index in [0.717, 1.165) is 6.07 Å². The van der Waals surface area contributed by atoms with Crippen LogP contribution in [0.15, 0.2) is 35.0 Å². The maximum absolute atomic E-state index is 12.9. The molecule has 3 rings (SSSR count). The molecule has 0 unspecified atom stereocenters. The van der Waals surface area contributed by atoms with Gasteiger partial charge in [-0.1, -0.05) is 5.16 Å². The average molecular weight is 272 g/mol. The largest absolute Gasteiger partial charge is 0.507 e. The number of aromatic hydroxyl groups is 1. The summed E-state index contributed by atoms with van der Waals surface area (Å²) in [6.07, 6.45) is 1.59. The number of aryl methyl sites for hydroxylation is 1. The molecule has 0 aliphatic rings. The molecule has 20 heavy (non-hydrogen) atoms. The molecule has 0 aliphatic carbocycles. The van der Waals surface area contributed by atoms with Gasteiger partial charge >= 0.3 is 0 Å². The average Bonchev–Trinajstić information content (AvgIpc) is 2.88. The van der Waals surface area contributed by atoms with Crippen LogP contribution in [0.4, 0.5) is 4.39 Å². The predicted molar refractivity (Wildman–Crippen MR) is 67.1 cm³/mol. The summed E-state index contributed by atoms with van der Waals surface area (Å²) in [5.74, 6) is 0.137. The standard InChI is InChI=1S/C13H9FN4O2/c1-7-15-5-4-10(16-7)12-17-13(20-18-12)9-3-2-8(14)6-11(9)19/h2-6,19H,1H3. The molecule has 0 spiro atoms. The number of benzene rings is 1. The molecule has 6 nitrogen and oxygen atoms in total. The fourth-order valence-corrected chi connectivity index (χ4v) is 1.70. The van der Waals surface area contributed by atoms with Gasteiger partial charge in [-0.3, -0.25) is 0 Å². The molecule has 0 radical (unpaired) electrons. The van der Waals surface area contributed by atoms with Gasteiger partial charge in [-0.25, -0.2) is 14.4 Å². The van der Waals surface area contributed by atoms with Gasteiger partial charge in [0.2, 0.25) is 5.82 Å². The lowest BCUT2D eigenvalue weighted by atomic mass is 10.2. The highest BCUT2D eigenvalue weighted by atomic mass is 19.1. The molecule has 0 amide bonds. The van der Waals surface area contributed by atoms with E-state index in [9.17, 15) is 9.50 Å². The Hall–Kier alpha value is -2.83. The third-order valence-electron chi connectivity index (χ3n) is 2.62. The van der Waals surface area contributed by atoms with Crippen LogP contribution in [0.3, 0.4) is 0 Å². The van der Waals surface area contributed by atoms with E-state index < -0.39 is 5.82 Å². The van der Waals surface area contributed by atoms with Crippen LogP contribution in [-0.4, -0.2) is 25.2 Å². The highest BCUT2D eigenvalue weighted by Gasteiger charge is 2.15. The van der Waals surface area contributed by atoms with Crippen molar-refractivity contribution in [2.24, 2.45) is 0 Å². The molecule has 0 saturated carbocycles. The number of hydrogen-bond donors (Lipinski definition) is 1. The summed E-state index contributed by atoms with van der Waals surface area (Å²) in [4.78, 5) is 12.3. The summed E-state index contributed by atoms with van der Waals surface area (Å²) >= 11 is 0. The van der Waals surface area contributed by atoms with Crippen LogP contribution in [0.1, 0.15) is 5.82 Å². The van der Waals surface area contributed by atoms with E-state index in [1.165, 1.54) is 12.1 Å². The molecule has 7 heteroatoms. The fourth-order valence-electron chi connectivity index (χ4n) is 1.70. The Bertz CT molecular complexity index is 773. The smallest absolute Gasteiger partial charge is 0.262 e. The second kappa shape index (κ2) is 4.69. The summed E-state index contributed by atoms with van der Waals surface area (Å²) in [7, 11) is 0. The first-order valence-corrected chi connectivity index (χ1v) is 5.76. The molecule has 0 bridgehead atoms. The molecule has 2 aromatic heterocycles. The first kappa shape index (κ1) is 12.2. The topological polar surface area (TPSA) is 84.9 Å². The van der Waals surface area contributed by atoms with Crippen LogP contribution < -0.4 is 0 Å². The monoisotopic (exact) mass is 272 g/mol. The molecule has 0 atom stereocenters. The van der Waals surface area contributed by atoms with Crippen molar-refractivity contribution in [3.63, 3.8) is 0 Å². The number of aromatic nitrogens is 4. The van der Waals surface area contributed by atoms with Crippen molar-refractivity contribution in [1.82, 2.24) is 20.1 Å². The summed E-state index contributed by atoms with van der Waals surface area (Å²) < 4.78 is 18.0. The molecule has 100 valence electrons. The van der Waals surface area contributed by atoms with Gasteiger partial charge in [-0.05, 0) is 25.1 Å². The van der Waals surface area contributed by atoms with E-state index in [1.807, 2.05) is 0 Å². The van der Waals surface area contributed by atoms with Crippen LogP contribution in [0.2, 0.25) is 0 Å². The van der Waals surface area contributed by atoms with Crippen LogP contribution in [0, 0.1) is 12.7 Å². The number of hydrogen-bond acceptors (Lipinski definition) is 6. The fraction of sp³-hybridized carbons (Fsp3) is 0.0769. The zero-order valence-electron chi connectivity index (χ0n) is 10.4. The van der Waals surface area contributed by atoms with E-state index in [4.69, 9.17) is 4.52 Å². The van der Waals surface area contributed by atoms with Gasteiger partial charge in [-0.2, -0.15) is 4.98 Å². The number of halogens is 1. The molecular weight excluding hydrogens is 263 g/mol. The molecule has 0 saturated heterocycles. The molecular formula is C13H9FN4O2. The molecule has 0 aliphatic heterocycles. The van der Waals surface area contributed by atoms with E-state index >= 15 is 0 Å². The van der Waals surface area contributed by atoms with Crippen LogP contribution in [0.5, 0.6) is 5.75 Å². The van der Waals surface area contributed by atoms with Gasteiger partial charge in [0, 0.05) is 12.3 Å². The normalized spacial score (nSPS) is 10.7. The van der Waals surface area contributed by atoms with Gasteiger partial charge in [0.25, 0.3) is 5.89 Å². The molecule has 3 aromatic rings. The predicted octanol–water partition coefficient (Wildman–Crippen LogP) is 2.35. The Morgan fingerprint density at radius 3 is 2.80 bits per heavy atom. The lowest BCUT2D eigenvalue weighted by Gasteiger charge is -1.98. The quantitative estimate of drug-likeness (QED) is 0.770. The lowest BCUT2D eigenvalue weighted by molar-refractivity contribution is 0.424. The summed E-state index contributed by atoms with van der Waals surface area (Å²) in [5, 5.41) is 13.5. The Morgan fingerprint density at radius 1 is 1.20 bits per heavy atom. The lowest BCUT2D eigenvalue weighted by Crippen LogP contribution is -1.91. The van der Waals surface area contributed by atoms with Crippen molar-refractivity contribution in [3.8, 4) is 28.7 Å². The Kier molecular flexibility index (Phi) is 2.86. The number of nitrogens with zero attached hydrogens (tertiary/aromatic N) is 4. The van der Waals surface area contributed by atoms with Crippen molar-refractivity contribution in [1.29, 1.82) is 0 Å². The first-order chi connectivity index (χ1) is 9.63. The SMILES string of the molecule is Cc1nccc(-c2noc(-c3ccc(F)cc3O)n2)n1. The van der Waals surface area contributed by atoms with E-state index in [0.29, 0.717) is 11.5 Å². The van der Waals surface area contributed by atoms with Gasteiger partial charge < -0.3 is 9.63 Å². The second-order valence-corrected chi connectivity index (χ2v) is 4.07. The third kappa shape index (κ3) is 2.20. The number of phenolic OH excluding ortho intramolecular Hbond substituents is 1. The Morgan fingerprint density at radius 2 is 2.05 bits per heavy atom. The van der Waals surface area contributed by atoms with Crippen LogP contribution in [-0.2, 0) is 0 Å². The van der Waals surface area contributed by atoms with Crippen molar-refractivity contribution >= 4 is 0 Å². The highest BCUT2D eigenvalue weighted by Crippen LogP contribution is 2.29. The number of rotatable bonds is 2. The molecule has 0 fully saturated rings. The van der Waals surface area contributed by atoms with E-state index in [2.05, 4.69) is 20.1 Å². The highest BCUT2D eigenvalue weighted by molar-refractivity contribution is 5.63. The van der Waals surface area contributed by atoms with Crippen molar-refractivity contribution in [2.75, 3.05) is 0 Å². The zero-order valence-corrected chi connectivity index (χ0v) is 10.4. The molecule has 2 heterocycles. The maximum Gasteiger partial charge on any atom is 0.262 e. The van der Waals surface area contributed by atoms with Crippen molar-refractivity contribution < 1.29 is 14.0 Å². The number of phenols is 1. The summed E-state index contributed by atoms with van der Waals surface area (Å²) in [6, 6.07) is 5.20. The second-order valence-electron chi connectivity index (χ2n) is 4.07. The van der Waals surface area contributed by atoms with Gasteiger partial charge in [0.1, 0.15) is 23.1 Å². The minimum absolute atomic E-state index is 0.0914. The third-order valence-corrected chi connectivity index (χ3v) is 2.62. The van der Waals surface area contributed by atoms with Crippen molar-refractivity contribution in [2.45, 2.75) is 6.92 Å². The van der Waals surface area contributed by atoms with Crippen LogP contribution >= 0.6 is 0 Å². The minimum atomic E-state index is -0.544. The Balaban J connectivity index is 2.02. The zero-order chi connectivity index (χ0) is 14.1. The van der Waals surface area contributed by atoms with Crippen LogP contribution in [0.25, 0.3) is 23.0 Å². The van der Waals surface area contributed by atoms with Gasteiger partial charge in [-0.15, -0.1) is 0 Å². The summed E-state index contributed by atoms with van der Waals surface area (Å²) in [5.41, 5.74) is 0.769. The van der Waals surface area contributed by atoms with Gasteiger partial charge in [0.15, 0.2) is 0 Å². The summed E-state index contributed by atoms with van der Waals surface area (Å²) in [6.45, 7) is 1.75. The van der Waals surface area contributed by atoms with E-state index in [1.54, 1.807) is 19.2 Å². The minimum Gasteiger partial charge on any atom is -0.507 e.